The van der Waals surface area contributed by atoms with Gasteiger partial charge in [0.1, 0.15) is 6.61 Å². The van der Waals surface area contributed by atoms with Crippen molar-refractivity contribution in [3.8, 4) is 11.1 Å². The van der Waals surface area contributed by atoms with E-state index in [9.17, 15) is 9.59 Å². The van der Waals surface area contributed by atoms with Crippen molar-refractivity contribution >= 4 is 16.9 Å². The number of piperidine rings is 1. The molecule has 4 aromatic rings. The highest BCUT2D eigenvalue weighted by Crippen LogP contribution is 2.37. The fraction of sp³-hybridized carbons (Fsp3) is 0.214. The Balaban J connectivity index is 1.37. The van der Waals surface area contributed by atoms with Gasteiger partial charge in [-0.3, -0.25) is 4.79 Å². The van der Waals surface area contributed by atoms with E-state index in [1.165, 1.54) is 0 Å². The first-order chi connectivity index (χ1) is 16.2. The van der Waals surface area contributed by atoms with E-state index in [0.717, 1.165) is 40.6 Å². The molecule has 0 atom stereocenters. The van der Waals surface area contributed by atoms with E-state index in [1.54, 1.807) is 4.90 Å². The van der Waals surface area contributed by atoms with Crippen molar-refractivity contribution in [2.24, 2.45) is 0 Å². The highest BCUT2D eigenvalue weighted by Gasteiger charge is 2.28. The number of fused-ring (bicyclic) bond motifs is 1. The van der Waals surface area contributed by atoms with Gasteiger partial charge in [-0.15, -0.1) is 0 Å². The smallest absolute Gasteiger partial charge is 0.410 e. The zero-order valence-corrected chi connectivity index (χ0v) is 18.4. The maximum Gasteiger partial charge on any atom is 0.410 e. The number of aromatic nitrogens is 1. The quantitative estimate of drug-likeness (QED) is 0.444. The lowest BCUT2D eigenvalue weighted by Crippen LogP contribution is -2.38. The second kappa shape index (κ2) is 9.33. The van der Waals surface area contributed by atoms with Gasteiger partial charge < -0.3 is 14.6 Å². The lowest BCUT2D eigenvalue weighted by Gasteiger charge is -2.32. The Hall–Kier alpha value is -3.86. The summed E-state index contributed by atoms with van der Waals surface area (Å²) in [5.41, 5.74) is 4.04. The molecule has 5 nitrogen and oxygen atoms in total. The van der Waals surface area contributed by atoms with Crippen LogP contribution in [-0.2, 0) is 11.3 Å². The molecule has 1 amide bonds. The number of nitrogens with one attached hydrogen (secondary N) is 1. The predicted molar refractivity (Wildman–Crippen MR) is 130 cm³/mol. The first kappa shape index (κ1) is 21.0. The van der Waals surface area contributed by atoms with Crippen molar-refractivity contribution in [1.29, 1.82) is 0 Å². The number of likely N-dealkylation sites (tertiary alicyclic amines) is 1. The summed E-state index contributed by atoms with van der Waals surface area (Å²) < 4.78 is 5.51. The van der Waals surface area contributed by atoms with E-state index < -0.39 is 0 Å². The normalized spacial score (nSPS) is 14.4. The molecule has 2 heterocycles. The molecule has 0 aliphatic carbocycles. The number of H-pyrrole nitrogens is 1. The Morgan fingerprint density at radius 3 is 2.15 bits per heavy atom. The van der Waals surface area contributed by atoms with Gasteiger partial charge in [0.15, 0.2) is 0 Å². The summed E-state index contributed by atoms with van der Waals surface area (Å²) in [4.78, 5) is 30.4. The summed E-state index contributed by atoms with van der Waals surface area (Å²) >= 11 is 0. The zero-order chi connectivity index (χ0) is 22.6. The monoisotopic (exact) mass is 438 g/mol. The highest BCUT2D eigenvalue weighted by molar-refractivity contribution is 5.97. The number of carbonyl (C=O) groups is 1. The summed E-state index contributed by atoms with van der Waals surface area (Å²) in [6, 6.07) is 27.7. The first-order valence-corrected chi connectivity index (χ1v) is 11.4. The first-order valence-electron chi connectivity index (χ1n) is 11.4. The standard InChI is InChI=1S/C28H26N2O3/c31-27-24-14-8-7-13-23(24)25(21-11-5-2-6-12-21)26(29-27)22-15-17-30(18-16-22)28(32)33-19-20-9-3-1-4-10-20/h1-14,22H,15-19H2,(H,29,31). The fourth-order valence-electron chi connectivity index (χ4n) is 4.68. The molecule has 0 unspecified atom stereocenters. The molecular weight excluding hydrogens is 412 g/mol. The van der Waals surface area contributed by atoms with E-state index in [4.69, 9.17) is 4.74 Å². The molecule has 5 rings (SSSR count). The second-order valence-corrected chi connectivity index (χ2v) is 8.46. The average Bonchev–Trinajstić information content (AvgIpc) is 2.88. The van der Waals surface area contributed by atoms with Gasteiger partial charge in [0, 0.05) is 35.7 Å². The maximum absolute atomic E-state index is 12.9. The van der Waals surface area contributed by atoms with Crippen molar-refractivity contribution in [3.05, 3.63) is 107 Å². The number of aromatic amines is 1. The van der Waals surface area contributed by atoms with Gasteiger partial charge in [0.25, 0.3) is 5.56 Å². The number of carbonyl (C=O) groups excluding carboxylic acids is 1. The van der Waals surface area contributed by atoms with Crippen LogP contribution in [0.4, 0.5) is 4.79 Å². The van der Waals surface area contributed by atoms with Gasteiger partial charge in [0.2, 0.25) is 0 Å². The van der Waals surface area contributed by atoms with Crippen LogP contribution < -0.4 is 5.56 Å². The number of benzene rings is 3. The average molecular weight is 439 g/mol. The van der Waals surface area contributed by atoms with E-state index >= 15 is 0 Å². The Morgan fingerprint density at radius 1 is 0.848 bits per heavy atom. The molecule has 1 aliphatic heterocycles. The van der Waals surface area contributed by atoms with E-state index in [1.807, 2.05) is 72.8 Å². The number of hydrogen-bond donors (Lipinski definition) is 1. The molecule has 1 aromatic heterocycles. The minimum Gasteiger partial charge on any atom is -0.445 e. The molecule has 1 aliphatic rings. The number of amides is 1. The highest BCUT2D eigenvalue weighted by atomic mass is 16.6. The van der Waals surface area contributed by atoms with Crippen LogP contribution in [0.25, 0.3) is 21.9 Å². The molecule has 5 heteroatoms. The van der Waals surface area contributed by atoms with Gasteiger partial charge in [-0.1, -0.05) is 78.9 Å². The minimum atomic E-state index is -0.285. The second-order valence-electron chi connectivity index (χ2n) is 8.46. The van der Waals surface area contributed by atoms with Crippen molar-refractivity contribution in [1.82, 2.24) is 9.88 Å². The number of pyridine rings is 1. The molecule has 3 aromatic carbocycles. The molecular formula is C28H26N2O3. The summed E-state index contributed by atoms with van der Waals surface area (Å²) in [7, 11) is 0. The van der Waals surface area contributed by atoms with Gasteiger partial charge >= 0.3 is 6.09 Å². The molecule has 0 saturated carbocycles. The molecule has 33 heavy (non-hydrogen) atoms. The van der Waals surface area contributed by atoms with E-state index in [0.29, 0.717) is 18.5 Å². The van der Waals surface area contributed by atoms with Crippen molar-refractivity contribution in [3.63, 3.8) is 0 Å². The van der Waals surface area contributed by atoms with Crippen LogP contribution in [0.2, 0.25) is 0 Å². The van der Waals surface area contributed by atoms with Gasteiger partial charge in [0.05, 0.1) is 0 Å². The Kier molecular flexibility index (Phi) is 5.94. The summed E-state index contributed by atoms with van der Waals surface area (Å²) in [6.07, 6.45) is 1.26. The van der Waals surface area contributed by atoms with Crippen LogP contribution in [0.5, 0.6) is 0 Å². The van der Waals surface area contributed by atoms with Crippen molar-refractivity contribution < 1.29 is 9.53 Å². The van der Waals surface area contributed by atoms with Gasteiger partial charge in [-0.25, -0.2) is 4.79 Å². The van der Waals surface area contributed by atoms with Crippen LogP contribution in [0.1, 0.15) is 30.0 Å². The summed E-state index contributed by atoms with van der Waals surface area (Å²) in [6.45, 7) is 1.47. The minimum absolute atomic E-state index is 0.0648. The van der Waals surface area contributed by atoms with Gasteiger partial charge in [-0.05, 0) is 35.4 Å². The largest absolute Gasteiger partial charge is 0.445 e. The third-order valence-corrected chi connectivity index (χ3v) is 6.39. The molecule has 1 N–H and O–H groups in total. The van der Waals surface area contributed by atoms with E-state index in [2.05, 4.69) is 17.1 Å². The molecule has 0 spiro atoms. The number of rotatable bonds is 4. The SMILES string of the molecule is O=C(OCc1ccccc1)N1CCC(c2[nH]c(=O)c3ccccc3c2-c2ccccc2)CC1. The van der Waals surface area contributed by atoms with Crippen molar-refractivity contribution in [2.75, 3.05) is 13.1 Å². The molecule has 166 valence electrons. The molecule has 1 saturated heterocycles. The third kappa shape index (κ3) is 4.40. The van der Waals surface area contributed by atoms with Crippen LogP contribution in [0, 0.1) is 0 Å². The number of ether oxygens (including phenoxy) is 1. The summed E-state index contributed by atoms with van der Waals surface area (Å²) in [5.74, 6) is 0.163. The molecule has 0 bridgehead atoms. The lowest BCUT2D eigenvalue weighted by molar-refractivity contribution is 0.0868. The van der Waals surface area contributed by atoms with Crippen LogP contribution >= 0.6 is 0 Å². The van der Waals surface area contributed by atoms with Gasteiger partial charge in [-0.2, -0.15) is 0 Å². The Bertz CT molecular complexity index is 1310. The Morgan fingerprint density at radius 2 is 1.45 bits per heavy atom. The van der Waals surface area contributed by atoms with Crippen LogP contribution in [0.3, 0.4) is 0 Å². The lowest BCUT2D eigenvalue weighted by atomic mass is 9.86. The maximum atomic E-state index is 12.9. The predicted octanol–water partition coefficient (Wildman–Crippen LogP) is 5.71. The van der Waals surface area contributed by atoms with Crippen LogP contribution in [-0.4, -0.2) is 29.1 Å². The fourth-order valence-corrected chi connectivity index (χ4v) is 4.68. The molecule has 0 radical (unpaired) electrons. The third-order valence-electron chi connectivity index (χ3n) is 6.39. The topological polar surface area (TPSA) is 62.4 Å². The van der Waals surface area contributed by atoms with E-state index in [-0.39, 0.29) is 24.2 Å². The summed E-state index contributed by atoms with van der Waals surface area (Å²) in [5, 5.41) is 1.66. The number of nitrogens with zero attached hydrogens (tertiary/aromatic N) is 1. The Labute approximate surface area is 192 Å². The zero-order valence-electron chi connectivity index (χ0n) is 18.4. The number of hydrogen-bond acceptors (Lipinski definition) is 3. The van der Waals surface area contributed by atoms with Crippen LogP contribution in [0.15, 0.2) is 89.7 Å². The molecule has 1 fully saturated rings. The van der Waals surface area contributed by atoms with Crippen molar-refractivity contribution in [2.45, 2.75) is 25.4 Å².